The predicted octanol–water partition coefficient (Wildman–Crippen LogP) is 2.94. The molecule has 0 bridgehead atoms. The molecule has 0 atom stereocenters. The Labute approximate surface area is 157 Å². The summed E-state index contributed by atoms with van der Waals surface area (Å²) in [5.74, 6) is 0.194. The molecule has 0 aliphatic heterocycles. The third kappa shape index (κ3) is 4.13. The van der Waals surface area contributed by atoms with Gasteiger partial charge in [0.1, 0.15) is 5.82 Å². The van der Waals surface area contributed by atoms with Crippen molar-refractivity contribution in [1.82, 2.24) is 24.8 Å². The van der Waals surface area contributed by atoms with Crippen LogP contribution in [0, 0.1) is 11.7 Å². The van der Waals surface area contributed by atoms with Gasteiger partial charge in [-0.25, -0.2) is 4.39 Å². The molecule has 140 valence electrons. The number of benzene rings is 1. The predicted molar refractivity (Wildman–Crippen MR) is 98.0 cm³/mol. The molecule has 1 aliphatic carbocycles. The highest BCUT2D eigenvalue weighted by Crippen LogP contribution is 2.30. The van der Waals surface area contributed by atoms with Gasteiger partial charge in [-0.1, -0.05) is 11.3 Å². The van der Waals surface area contributed by atoms with Gasteiger partial charge in [0.2, 0.25) is 0 Å². The van der Waals surface area contributed by atoms with E-state index in [4.69, 9.17) is 0 Å². The minimum Gasteiger partial charge on any atom is -0.294 e. The second kappa shape index (κ2) is 7.06. The highest BCUT2D eigenvalue weighted by atomic mass is 19.1. The number of hydrogen-bond donors (Lipinski definition) is 0. The second-order valence-corrected chi connectivity index (χ2v) is 7.36. The number of carbonyl (C=O) groups excluding carboxylic acids is 1. The number of carbonyl (C=O) groups is 1. The van der Waals surface area contributed by atoms with Crippen LogP contribution in [-0.4, -0.2) is 30.6 Å². The fourth-order valence-corrected chi connectivity index (χ4v) is 3.36. The van der Waals surface area contributed by atoms with Gasteiger partial charge in [-0.05, 0) is 48.9 Å². The zero-order valence-corrected chi connectivity index (χ0v) is 15.5. The maximum Gasteiger partial charge on any atom is 0.160 e. The van der Waals surface area contributed by atoms with E-state index in [-0.39, 0.29) is 5.78 Å². The van der Waals surface area contributed by atoms with E-state index in [9.17, 15) is 9.18 Å². The topological polar surface area (TPSA) is 65.6 Å². The van der Waals surface area contributed by atoms with Crippen LogP contribution in [0.4, 0.5) is 4.39 Å². The molecule has 0 unspecified atom stereocenters. The Morgan fingerprint density at radius 3 is 2.78 bits per heavy atom. The summed E-state index contributed by atoms with van der Waals surface area (Å²) in [5, 5.41) is 13.0. The largest absolute Gasteiger partial charge is 0.294 e. The SMILES string of the molecule is CC(=O)c1cc(F)ccc1Cc1nn(C)cc1Cc1cn(CC2CC2)nn1. The van der Waals surface area contributed by atoms with Crippen LogP contribution >= 0.6 is 0 Å². The Morgan fingerprint density at radius 1 is 1.22 bits per heavy atom. The van der Waals surface area contributed by atoms with Crippen LogP contribution < -0.4 is 0 Å². The average Bonchev–Trinajstić information content (AvgIpc) is 3.21. The number of nitrogens with zero attached hydrogens (tertiary/aromatic N) is 5. The standard InChI is InChI=1S/C20H22FN5O/c1-13(27)19-9-17(21)6-5-15(19)8-20-16(11-25(2)23-20)7-18-12-26(24-22-18)10-14-3-4-14/h5-6,9,11-12,14H,3-4,7-8,10H2,1-2H3. The van der Waals surface area contributed by atoms with Crippen molar-refractivity contribution in [3.8, 4) is 0 Å². The number of halogens is 1. The van der Waals surface area contributed by atoms with Crippen molar-refractivity contribution in [3.63, 3.8) is 0 Å². The first-order valence-corrected chi connectivity index (χ1v) is 9.17. The maximum absolute atomic E-state index is 13.5. The summed E-state index contributed by atoms with van der Waals surface area (Å²) in [4.78, 5) is 11.9. The quantitative estimate of drug-likeness (QED) is 0.602. The Hall–Kier alpha value is -2.83. The van der Waals surface area contributed by atoms with Gasteiger partial charge in [0, 0.05) is 44.4 Å². The molecule has 2 heterocycles. The van der Waals surface area contributed by atoms with Crippen LogP contribution in [0.3, 0.4) is 0 Å². The lowest BCUT2D eigenvalue weighted by Gasteiger charge is -2.07. The number of rotatable bonds is 7. The van der Waals surface area contributed by atoms with Gasteiger partial charge < -0.3 is 0 Å². The zero-order chi connectivity index (χ0) is 19.0. The number of Topliss-reactive ketones (excluding diaryl/α,β-unsaturated/α-hetero) is 1. The molecule has 0 N–H and O–H groups in total. The molecule has 1 saturated carbocycles. The van der Waals surface area contributed by atoms with E-state index in [2.05, 4.69) is 15.4 Å². The molecular formula is C20H22FN5O. The highest BCUT2D eigenvalue weighted by Gasteiger charge is 2.22. The fraction of sp³-hybridized carbons (Fsp3) is 0.400. The van der Waals surface area contributed by atoms with Crippen LogP contribution in [0.2, 0.25) is 0 Å². The molecule has 1 aliphatic rings. The van der Waals surface area contributed by atoms with Crippen molar-refractivity contribution >= 4 is 5.78 Å². The lowest BCUT2D eigenvalue weighted by molar-refractivity contribution is 0.101. The van der Waals surface area contributed by atoms with Crippen LogP contribution in [0.15, 0.2) is 30.6 Å². The summed E-state index contributed by atoms with van der Waals surface area (Å²) >= 11 is 0. The molecule has 2 aromatic heterocycles. The molecule has 3 aromatic rings. The van der Waals surface area contributed by atoms with E-state index in [1.165, 1.54) is 31.9 Å². The summed E-state index contributed by atoms with van der Waals surface area (Å²) in [6, 6.07) is 4.34. The molecule has 1 aromatic carbocycles. The zero-order valence-electron chi connectivity index (χ0n) is 15.5. The molecular weight excluding hydrogens is 345 g/mol. The third-order valence-electron chi connectivity index (χ3n) is 4.90. The Balaban J connectivity index is 1.56. The van der Waals surface area contributed by atoms with E-state index in [1.807, 2.05) is 24.1 Å². The molecule has 27 heavy (non-hydrogen) atoms. The number of aryl methyl sites for hydroxylation is 1. The molecule has 4 rings (SSSR count). The molecule has 7 heteroatoms. The number of ketones is 1. The summed E-state index contributed by atoms with van der Waals surface area (Å²) < 4.78 is 17.2. The fourth-order valence-electron chi connectivity index (χ4n) is 3.36. The van der Waals surface area contributed by atoms with Crippen molar-refractivity contribution in [1.29, 1.82) is 0 Å². The van der Waals surface area contributed by atoms with Crippen molar-refractivity contribution in [3.05, 3.63) is 64.5 Å². The number of aromatic nitrogens is 5. The molecule has 6 nitrogen and oxygen atoms in total. The van der Waals surface area contributed by atoms with Crippen LogP contribution in [0.5, 0.6) is 0 Å². The second-order valence-electron chi connectivity index (χ2n) is 7.36. The minimum absolute atomic E-state index is 0.148. The van der Waals surface area contributed by atoms with Gasteiger partial charge in [0.05, 0.1) is 11.4 Å². The highest BCUT2D eigenvalue weighted by molar-refractivity contribution is 5.95. The smallest absolute Gasteiger partial charge is 0.160 e. The van der Waals surface area contributed by atoms with E-state index in [1.54, 1.807) is 10.7 Å². The van der Waals surface area contributed by atoms with E-state index < -0.39 is 5.82 Å². The van der Waals surface area contributed by atoms with Gasteiger partial charge in [-0.3, -0.25) is 14.2 Å². The van der Waals surface area contributed by atoms with Crippen LogP contribution in [0.25, 0.3) is 0 Å². The normalized spacial score (nSPS) is 13.9. The van der Waals surface area contributed by atoms with Crippen LogP contribution in [-0.2, 0) is 26.4 Å². The van der Waals surface area contributed by atoms with E-state index in [0.29, 0.717) is 18.4 Å². The van der Waals surface area contributed by atoms with Gasteiger partial charge >= 0.3 is 0 Å². The summed E-state index contributed by atoms with van der Waals surface area (Å²) in [6.45, 7) is 2.39. The Morgan fingerprint density at radius 2 is 2.04 bits per heavy atom. The average molecular weight is 367 g/mol. The van der Waals surface area contributed by atoms with Gasteiger partial charge in [-0.15, -0.1) is 5.10 Å². The van der Waals surface area contributed by atoms with Gasteiger partial charge in [0.15, 0.2) is 5.78 Å². The maximum atomic E-state index is 13.5. The summed E-state index contributed by atoms with van der Waals surface area (Å²) in [5.41, 5.74) is 3.98. The van der Waals surface area contributed by atoms with E-state index >= 15 is 0 Å². The van der Waals surface area contributed by atoms with Crippen LogP contribution in [0.1, 0.15) is 52.6 Å². The Bertz CT molecular complexity index is 986. The lowest BCUT2D eigenvalue weighted by Crippen LogP contribution is -2.04. The number of hydrogen-bond acceptors (Lipinski definition) is 4. The monoisotopic (exact) mass is 367 g/mol. The first-order chi connectivity index (χ1) is 13.0. The van der Waals surface area contributed by atoms with Gasteiger partial charge in [0.25, 0.3) is 0 Å². The summed E-state index contributed by atoms with van der Waals surface area (Å²) in [7, 11) is 1.87. The first kappa shape index (κ1) is 17.6. The molecule has 1 fully saturated rings. The Kier molecular flexibility index (Phi) is 4.59. The van der Waals surface area contributed by atoms with Crippen molar-refractivity contribution in [2.24, 2.45) is 13.0 Å². The van der Waals surface area contributed by atoms with Crippen molar-refractivity contribution < 1.29 is 9.18 Å². The lowest BCUT2D eigenvalue weighted by atomic mass is 9.98. The first-order valence-electron chi connectivity index (χ1n) is 9.17. The third-order valence-corrected chi connectivity index (χ3v) is 4.90. The molecule has 0 spiro atoms. The summed E-state index contributed by atoms with van der Waals surface area (Å²) in [6.07, 6.45) is 7.61. The van der Waals surface area contributed by atoms with Crippen molar-refractivity contribution in [2.75, 3.05) is 0 Å². The minimum atomic E-state index is -0.405. The molecule has 0 saturated heterocycles. The molecule has 0 amide bonds. The van der Waals surface area contributed by atoms with Gasteiger partial charge in [-0.2, -0.15) is 5.10 Å². The van der Waals surface area contributed by atoms with Crippen molar-refractivity contribution in [2.45, 2.75) is 39.2 Å². The molecule has 0 radical (unpaired) electrons. The van der Waals surface area contributed by atoms with E-state index in [0.717, 1.165) is 35.0 Å².